The Bertz CT molecular complexity index is 380. The number of carbonyl (C=O) groups excluding carboxylic acids is 1. The molecule has 1 nitrogen and oxygen atoms in total. The predicted molar refractivity (Wildman–Crippen MR) is 66.8 cm³/mol. The maximum atomic E-state index is 11.9. The Hall–Kier alpha value is -0.820. The topological polar surface area (TPSA) is 17.1 Å². The Labute approximate surface area is 102 Å². The van der Waals surface area contributed by atoms with Crippen LogP contribution in [-0.4, -0.2) is 5.78 Å². The molecule has 0 aromatic heterocycles. The second-order valence-electron chi connectivity index (χ2n) is 4.94. The minimum Gasteiger partial charge on any atom is -0.299 e. The molecule has 0 saturated heterocycles. The molecule has 1 fully saturated rings. The largest absolute Gasteiger partial charge is 0.299 e. The summed E-state index contributed by atoms with van der Waals surface area (Å²) in [6.45, 7) is 4.40. The molecule has 86 valence electrons. The lowest BCUT2D eigenvalue weighted by Gasteiger charge is -2.22. The molecule has 0 aliphatic heterocycles. The van der Waals surface area contributed by atoms with Gasteiger partial charge in [0.25, 0.3) is 0 Å². The standard InChI is InChI=1S/C14H17ClO/c1-9(2)12-7-8-13(16)14(12)10-3-5-11(15)6-4-10/h3-6,9,12,14H,7-8H2,1-2H3/t12-,14-/m1/s1. The molecule has 0 unspecified atom stereocenters. The molecule has 1 aliphatic rings. The van der Waals surface area contributed by atoms with Crippen molar-refractivity contribution in [3.63, 3.8) is 0 Å². The Morgan fingerprint density at radius 1 is 1.25 bits per heavy atom. The smallest absolute Gasteiger partial charge is 0.140 e. The van der Waals surface area contributed by atoms with E-state index in [1.54, 1.807) is 0 Å². The van der Waals surface area contributed by atoms with Gasteiger partial charge in [-0.25, -0.2) is 0 Å². The Morgan fingerprint density at radius 3 is 2.44 bits per heavy atom. The highest BCUT2D eigenvalue weighted by Gasteiger charge is 2.37. The molecule has 1 aromatic rings. The summed E-state index contributed by atoms with van der Waals surface area (Å²) in [5, 5.41) is 0.732. The first-order valence-corrected chi connectivity index (χ1v) is 6.25. The van der Waals surface area contributed by atoms with Gasteiger partial charge in [-0.3, -0.25) is 4.79 Å². The molecular weight excluding hydrogens is 220 g/mol. The van der Waals surface area contributed by atoms with Crippen molar-refractivity contribution in [1.29, 1.82) is 0 Å². The van der Waals surface area contributed by atoms with Crippen molar-refractivity contribution in [3.05, 3.63) is 34.9 Å². The number of ketones is 1. The molecular formula is C14H17ClO. The molecule has 2 rings (SSSR count). The van der Waals surface area contributed by atoms with Gasteiger partial charge in [0.15, 0.2) is 0 Å². The SMILES string of the molecule is CC(C)[C@H]1CCC(=O)[C@@H]1c1ccc(Cl)cc1. The molecule has 0 bridgehead atoms. The van der Waals surface area contributed by atoms with Gasteiger partial charge in [0.2, 0.25) is 0 Å². The maximum absolute atomic E-state index is 11.9. The van der Waals surface area contributed by atoms with Crippen LogP contribution in [-0.2, 0) is 4.79 Å². The number of carbonyl (C=O) groups is 1. The summed E-state index contributed by atoms with van der Waals surface area (Å²) in [5.41, 5.74) is 1.13. The van der Waals surface area contributed by atoms with E-state index in [-0.39, 0.29) is 5.92 Å². The zero-order chi connectivity index (χ0) is 11.7. The van der Waals surface area contributed by atoms with Crippen LogP contribution in [0.15, 0.2) is 24.3 Å². The zero-order valence-corrected chi connectivity index (χ0v) is 10.5. The lowest BCUT2D eigenvalue weighted by molar-refractivity contribution is -0.119. The fraction of sp³-hybridized carbons (Fsp3) is 0.500. The predicted octanol–water partition coefficient (Wildman–Crippen LogP) is 4.06. The van der Waals surface area contributed by atoms with Gasteiger partial charge in [-0.2, -0.15) is 0 Å². The van der Waals surface area contributed by atoms with Crippen LogP contribution in [0.3, 0.4) is 0 Å². The van der Waals surface area contributed by atoms with E-state index in [4.69, 9.17) is 11.6 Å². The van der Waals surface area contributed by atoms with Crippen molar-refractivity contribution in [2.45, 2.75) is 32.6 Å². The summed E-state index contributed by atoms with van der Waals surface area (Å²) in [7, 11) is 0. The van der Waals surface area contributed by atoms with E-state index < -0.39 is 0 Å². The van der Waals surface area contributed by atoms with Crippen LogP contribution in [0.4, 0.5) is 0 Å². The quantitative estimate of drug-likeness (QED) is 0.757. The van der Waals surface area contributed by atoms with Crippen LogP contribution < -0.4 is 0 Å². The minimum absolute atomic E-state index is 0.0947. The lowest BCUT2D eigenvalue weighted by atomic mass is 9.81. The number of halogens is 1. The molecule has 0 amide bonds. The molecule has 0 N–H and O–H groups in total. The van der Waals surface area contributed by atoms with Gasteiger partial charge in [-0.05, 0) is 36.0 Å². The van der Waals surface area contributed by atoms with Crippen LogP contribution in [0.25, 0.3) is 0 Å². The van der Waals surface area contributed by atoms with Crippen LogP contribution >= 0.6 is 11.6 Å². The van der Waals surface area contributed by atoms with Gasteiger partial charge in [0.05, 0.1) is 0 Å². The fourth-order valence-corrected chi connectivity index (χ4v) is 2.82. The zero-order valence-electron chi connectivity index (χ0n) is 9.74. The van der Waals surface area contributed by atoms with Crippen molar-refractivity contribution in [1.82, 2.24) is 0 Å². The summed E-state index contributed by atoms with van der Waals surface area (Å²) in [4.78, 5) is 11.9. The molecule has 1 saturated carbocycles. The molecule has 0 radical (unpaired) electrons. The lowest BCUT2D eigenvalue weighted by Crippen LogP contribution is -2.17. The van der Waals surface area contributed by atoms with Gasteiger partial charge >= 0.3 is 0 Å². The number of benzene rings is 1. The fourth-order valence-electron chi connectivity index (χ4n) is 2.69. The van der Waals surface area contributed by atoms with E-state index in [9.17, 15) is 4.79 Å². The normalized spacial score (nSPS) is 25.4. The average molecular weight is 237 g/mol. The van der Waals surface area contributed by atoms with E-state index in [0.717, 1.165) is 23.4 Å². The van der Waals surface area contributed by atoms with Crippen molar-refractivity contribution in [2.24, 2.45) is 11.8 Å². The summed E-state index contributed by atoms with van der Waals surface area (Å²) < 4.78 is 0. The number of Topliss-reactive ketones (excluding diaryl/α,β-unsaturated/α-hetero) is 1. The van der Waals surface area contributed by atoms with Crippen molar-refractivity contribution >= 4 is 17.4 Å². The first-order chi connectivity index (χ1) is 7.59. The van der Waals surface area contributed by atoms with E-state index in [2.05, 4.69) is 13.8 Å². The summed E-state index contributed by atoms with van der Waals surface area (Å²) in [6.07, 6.45) is 1.76. The first-order valence-electron chi connectivity index (χ1n) is 5.87. The minimum atomic E-state index is 0.0947. The number of hydrogen-bond acceptors (Lipinski definition) is 1. The summed E-state index contributed by atoms with van der Waals surface area (Å²) in [6, 6.07) is 7.73. The van der Waals surface area contributed by atoms with Gasteiger partial charge in [-0.1, -0.05) is 37.6 Å². The van der Waals surface area contributed by atoms with E-state index >= 15 is 0 Å². The Kier molecular flexibility index (Phi) is 3.34. The monoisotopic (exact) mass is 236 g/mol. The molecule has 1 aromatic carbocycles. The van der Waals surface area contributed by atoms with Crippen LogP contribution in [0.5, 0.6) is 0 Å². The highest BCUT2D eigenvalue weighted by Crippen LogP contribution is 2.41. The molecule has 16 heavy (non-hydrogen) atoms. The molecule has 2 atom stereocenters. The molecule has 1 aliphatic carbocycles. The van der Waals surface area contributed by atoms with Crippen molar-refractivity contribution in [2.75, 3.05) is 0 Å². The van der Waals surface area contributed by atoms with Gasteiger partial charge in [0.1, 0.15) is 5.78 Å². The third kappa shape index (κ3) is 2.15. The van der Waals surface area contributed by atoms with E-state index in [1.165, 1.54) is 0 Å². The molecule has 2 heteroatoms. The number of hydrogen-bond donors (Lipinski definition) is 0. The van der Waals surface area contributed by atoms with Gasteiger partial charge in [0, 0.05) is 17.4 Å². The van der Waals surface area contributed by atoms with Crippen molar-refractivity contribution < 1.29 is 4.79 Å². The van der Waals surface area contributed by atoms with Gasteiger partial charge < -0.3 is 0 Å². The summed E-state index contributed by atoms with van der Waals surface area (Å²) in [5.74, 6) is 1.54. The summed E-state index contributed by atoms with van der Waals surface area (Å²) >= 11 is 5.87. The van der Waals surface area contributed by atoms with Crippen LogP contribution in [0, 0.1) is 11.8 Å². The highest BCUT2D eigenvalue weighted by atomic mass is 35.5. The second kappa shape index (κ2) is 4.58. The van der Waals surface area contributed by atoms with Crippen molar-refractivity contribution in [3.8, 4) is 0 Å². The molecule has 0 spiro atoms. The van der Waals surface area contributed by atoms with E-state index in [0.29, 0.717) is 17.6 Å². The highest BCUT2D eigenvalue weighted by molar-refractivity contribution is 6.30. The Morgan fingerprint density at radius 2 is 1.88 bits per heavy atom. The Balaban J connectivity index is 2.30. The number of rotatable bonds is 2. The van der Waals surface area contributed by atoms with E-state index in [1.807, 2.05) is 24.3 Å². The first kappa shape index (κ1) is 11.7. The van der Waals surface area contributed by atoms with Gasteiger partial charge in [-0.15, -0.1) is 0 Å². The molecule has 0 heterocycles. The third-order valence-corrected chi connectivity index (χ3v) is 3.84. The second-order valence-corrected chi connectivity index (χ2v) is 5.38. The average Bonchev–Trinajstić information content (AvgIpc) is 2.62. The maximum Gasteiger partial charge on any atom is 0.140 e. The third-order valence-electron chi connectivity index (χ3n) is 3.58. The van der Waals surface area contributed by atoms with Crippen LogP contribution in [0.2, 0.25) is 5.02 Å². The van der Waals surface area contributed by atoms with Crippen LogP contribution in [0.1, 0.15) is 38.2 Å².